The molecule has 1 rings (SSSR count). The van der Waals surface area contributed by atoms with E-state index >= 15 is 0 Å². The zero-order valence-corrected chi connectivity index (χ0v) is 11.9. The summed E-state index contributed by atoms with van der Waals surface area (Å²) in [5.74, 6) is -0.904. The highest BCUT2D eigenvalue weighted by Gasteiger charge is 2.13. The number of carboxylic acid groups (broad SMARTS) is 1. The molecule has 0 radical (unpaired) electrons. The average Bonchev–Trinajstić information content (AvgIpc) is 2.81. The summed E-state index contributed by atoms with van der Waals surface area (Å²) in [5.41, 5.74) is 0.732. The minimum Gasteiger partial charge on any atom is -0.481 e. The highest BCUT2D eigenvalue weighted by atomic mass is 32.1. The minimum atomic E-state index is -0.838. The van der Waals surface area contributed by atoms with Gasteiger partial charge < -0.3 is 15.7 Å². The van der Waals surface area contributed by atoms with Crippen LogP contribution in [-0.2, 0) is 16.0 Å². The second kappa shape index (κ2) is 7.73. The van der Waals surface area contributed by atoms with Crippen LogP contribution in [0.1, 0.15) is 32.4 Å². The molecular formula is C12H19N3O3S. The number of carbonyl (C=O) groups excluding carboxylic acids is 1. The van der Waals surface area contributed by atoms with Gasteiger partial charge in [0.05, 0.1) is 12.1 Å². The fraction of sp³-hybridized carbons (Fsp3) is 0.583. The molecule has 0 spiro atoms. The molecule has 0 aromatic carbocycles. The topological polar surface area (TPSA) is 91.3 Å². The summed E-state index contributed by atoms with van der Waals surface area (Å²) in [6, 6.07) is -0.356. The van der Waals surface area contributed by atoms with E-state index in [9.17, 15) is 9.59 Å². The van der Waals surface area contributed by atoms with Gasteiger partial charge >= 0.3 is 5.97 Å². The van der Waals surface area contributed by atoms with Gasteiger partial charge in [0.2, 0.25) is 5.91 Å². The largest absolute Gasteiger partial charge is 0.481 e. The number of hydrogen-bond donors (Lipinski definition) is 3. The predicted molar refractivity (Wildman–Crippen MR) is 74.5 cm³/mol. The first-order valence-electron chi connectivity index (χ1n) is 6.23. The van der Waals surface area contributed by atoms with E-state index < -0.39 is 5.97 Å². The highest BCUT2D eigenvalue weighted by Crippen LogP contribution is 2.17. The molecule has 106 valence electrons. The van der Waals surface area contributed by atoms with E-state index in [1.807, 2.05) is 12.3 Å². The van der Waals surface area contributed by atoms with Gasteiger partial charge in [0.15, 0.2) is 5.13 Å². The summed E-state index contributed by atoms with van der Waals surface area (Å²) in [5, 5.41) is 16.8. The molecule has 1 amide bonds. The van der Waals surface area contributed by atoms with Crippen molar-refractivity contribution in [3.05, 3.63) is 11.1 Å². The van der Waals surface area contributed by atoms with E-state index in [1.165, 1.54) is 11.3 Å². The van der Waals surface area contributed by atoms with Crippen molar-refractivity contribution in [1.29, 1.82) is 0 Å². The molecule has 0 saturated carbocycles. The van der Waals surface area contributed by atoms with Crippen LogP contribution in [0.4, 0.5) is 5.13 Å². The van der Waals surface area contributed by atoms with Crippen molar-refractivity contribution in [2.75, 3.05) is 11.9 Å². The lowest BCUT2D eigenvalue weighted by molar-refractivity contribution is -0.137. The zero-order valence-electron chi connectivity index (χ0n) is 11.1. The maximum Gasteiger partial charge on any atom is 0.303 e. The molecule has 1 heterocycles. The number of thiazole rings is 1. The van der Waals surface area contributed by atoms with Crippen molar-refractivity contribution in [2.45, 2.75) is 39.2 Å². The van der Waals surface area contributed by atoms with Crippen molar-refractivity contribution in [3.63, 3.8) is 0 Å². The quantitative estimate of drug-likeness (QED) is 0.673. The van der Waals surface area contributed by atoms with E-state index in [1.54, 1.807) is 6.92 Å². The molecular weight excluding hydrogens is 266 g/mol. The standard InChI is InChI=1S/C12H19N3O3S/c1-3-6-13-11(18)8(2)14-12-15-9(7-19-12)4-5-10(16)17/h7-8H,3-6H2,1-2H3,(H,13,18)(H,14,15)(H,16,17). The van der Waals surface area contributed by atoms with E-state index in [2.05, 4.69) is 15.6 Å². The second-order valence-corrected chi connectivity index (χ2v) is 5.05. The predicted octanol–water partition coefficient (Wildman–Crippen LogP) is 1.49. The summed E-state index contributed by atoms with van der Waals surface area (Å²) in [7, 11) is 0. The highest BCUT2D eigenvalue weighted by molar-refractivity contribution is 7.13. The van der Waals surface area contributed by atoms with Gasteiger partial charge in [0, 0.05) is 18.3 Å². The fourth-order valence-electron chi connectivity index (χ4n) is 1.38. The van der Waals surface area contributed by atoms with Crippen LogP contribution in [-0.4, -0.2) is 34.6 Å². The van der Waals surface area contributed by atoms with Crippen LogP contribution in [0.15, 0.2) is 5.38 Å². The molecule has 7 heteroatoms. The van der Waals surface area contributed by atoms with Gasteiger partial charge in [-0.3, -0.25) is 9.59 Å². The lowest BCUT2D eigenvalue weighted by Gasteiger charge is -2.12. The number of rotatable bonds is 8. The van der Waals surface area contributed by atoms with Gasteiger partial charge in [-0.2, -0.15) is 0 Å². The summed E-state index contributed by atoms with van der Waals surface area (Å²) in [4.78, 5) is 26.4. The Bertz CT molecular complexity index is 434. The Balaban J connectivity index is 2.44. The lowest BCUT2D eigenvalue weighted by Crippen LogP contribution is -2.37. The molecule has 0 aliphatic carbocycles. The zero-order chi connectivity index (χ0) is 14.3. The molecule has 1 unspecified atom stereocenters. The molecule has 0 aliphatic rings. The maximum absolute atomic E-state index is 11.7. The number of carboxylic acids is 1. The van der Waals surface area contributed by atoms with Crippen molar-refractivity contribution >= 4 is 28.3 Å². The summed E-state index contributed by atoms with van der Waals surface area (Å²) < 4.78 is 0. The Kier molecular flexibility index (Phi) is 6.27. The van der Waals surface area contributed by atoms with Gasteiger partial charge in [0.1, 0.15) is 6.04 Å². The number of amides is 1. The fourth-order valence-corrected chi connectivity index (χ4v) is 2.21. The number of aromatic nitrogens is 1. The molecule has 1 atom stereocenters. The van der Waals surface area contributed by atoms with Crippen molar-refractivity contribution < 1.29 is 14.7 Å². The Hall–Kier alpha value is -1.63. The molecule has 0 fully saturated rings. The first-order valence-corrected chi connectivity index (χ1v) is 7.11. The lowest BCUT2D eigenvalue weighted by atomic mass is 10.2. The number of hydrogen-bond acceptors (Lipinski definition) is 5. The van der Waals surface area contributed by atoms with Gasteiger partial charge in [0.25, 0.3) is 0 Å². The van der Waals surface area contributed by atoms with Crippen LogP contribution in [0.25, 0.3) is 0 Å². The maximum atomic E-state index is 11.7. The van der Waals surface area contributed by atoms with Crippen molar-refractivity contribution in [2.24, 2.45) is 0 Å². The molecule has 0 saturated heterocycles. The number of aryl methyl sites for hydroxylation is 1. The van der Waals surface area contributed by atoms with Crippen LogP contribution >= 0.6 is 11.3 Å². The SMILES string of the molecule is CCCNC(=O)C(C)Nc1nc(CCC(=O)O)cs1. The van der Waals surface area contributed by atoms with E-state index in [-0.39, 0.29) is 18.4 Å². The first-order chi connectivity index (χ1) is 9.02. The van der Waals surface area contributed by atoms with Crippen LogP contribution in [0.5, 0.6) is 0 Å². The van der Waals surface area contributed by atoms with Crippen molar-refractivity contribution in [3.8, 4) is 0 Å². The van der Waals surface area contributed by atoms with E-state index in [4.69, 9.17) is 5.11 Å². The van der Waals surface area contributed by atoms with Crippen LogP contribution in [0.3, 0.4) is 0 Å². The van der Waals surface area contributed by atoms with Crippen molar-refractivity contribution in [1.82, 2.24) is 10.3 Å². The summed E-state index contributed by atoms with van der Waals surface area (Å²) in [6.07, 6.45) is 1.37. The number of aliphatic carboxylic acids is 1. The van der Waals surface area contributed by atoms with E-state index in [0.717, 1.165) is 12.1 Å². The first kappa shape index (κ1) is 15.4. The third-order valence-corrected chi connectivity index (χ3v) is 3.25. The van der Waals surface area contributed by atoms with Gasteiger partial charge in [-0.25, -0.2) is 4.98 Å². The van der Waals surface area contributed by atoms with Crippen LogP contribution in [0, 0.1) is 0 Å². The average molecular weight is 285 g/mol. The Morgan fingerprint density at radius 1 is 1.53 bits per heavy atom. The molecule has 19 heavy (non-hydrogen) atoms. The smallest absolute Gasteiger partial charge is 0.303 e. The summed E-state index contributed by atoms with van der Waals surface area (Å²) >= 11 is 1.38. The summed E-state index contributed by atoms with van der Waals surface area (Å²) in [6.45, 7) is 4.42. The third-order valence-electron chi connectivity index (χ3n) is 2.43. The Morgan fingerprint density at radius 2 is 2.26 bits per heavy atom. The Morgan fingerprint density at radius 3 is 2.89 bits per heavy atom. The monoisotopic (exact) mass is 285 g/mol. The van der Waals surface area contributed by atoms with E-state index in [0.29, 0.717) is 18.1 Å². The van der Waals surface area contributed by atoms with Gasteiger partial charge in [-0.15, -0.1) is 11.3 Å². The molecule has 6 nitrogen and oxygen atoms in total. The van der Waals surface area contributed by atoms with Gasteiger partial charge in [-0.05, 0) is 13.3 Å². The number of nitrogens with one attached hydrogen (secondary N) is 2. The van der Waals surface area contributed by atoms with Crippen LogP contribution < -0.4 is 10.6 Å². The number of nitrogens with zero attached hydrogens (tertiary/aromatic N) is 1. The molecule has 3 N–H and O–H groups in total. The second-order valence-electron chi connectivity index (χ2n) is 4.19. The Labute approximate surface area is 116 Å². The molecule has 1 aromatic heterocycles. The minimum absolute atomic E-state index is 0.0652. The van der Waals surface area contributed by atoms with Crippen LogP contribution in [0.2, 0.25) is 0 Å². The third kappa shape index (κ3) is 5.69. The van der Waals surface area contributed by atoms with Gasteiger partial charge in [-0.1, -0.05) is 6.92 Å². The molecule has 0 aliphatic heterocycles. The molecule has 0 bridgehead atoms. The number of anilines is 1. The number of carbonyl (C=O) groups is 2. The molecule has 1 aromatic rings. The normalized spacial score (nSPS) is 11.9.